The van der Waals surface area contributed by atoms with Crippen molar-refractivity contribution in [1.82, 2.24) is 19.7 Å². The number of amides is 2. The minimum absolute atomic E-state index is 0.0462. The summed E-state index contributed by atoms with van der Waals surface area (Å²) in [5, 5.41) is 0. The molecule has 8 heteroatoms. The summed E-state index contributed by atoms with van der Waals surface area (Å²) in [7, 11) is 0. The van der Waals surface area contributed by atoms with Gasteiger partial charge in [-0.3, -0.25) is 14.5 Å². The first-order valence-corrected chi connectivity index (χ1v) is 12.7. The van der Waals surface area contributed by atoms with Crippen LogP contribution in [-0.4, -0.2) is 70.8 Å². The lowest BCUT2D eigenvalue weighted by molar-refractivity contribution is -0.130. The quantitative estimate of drug-likeness (QED) is 0.461. The first-order chi connectivity index (χ1) is 18.0. The topological polar surface area (TPSA) is 79.1 Å². The number of carbonyl (C=O) groups excluding carboxylic acids is 2. The molecule has 1 atom stereocenters. The number of benzene rings is 2. The van der Waals surface area contributed by atoms with Crippen molar-refractivity contribution in [3.05, 3.63) is 95.7 Å². The van der Waals surface area contributed by atoms with Crippen LogP contribution in [-0.2, 0) is 17.8 Å². The molecule has 2 amide bonds. The van der Waals surface area contributed by atoms with E-state index in [1.165, 1.54) is 11.8 Å². The summed E-state index contributed by atoms with van der Waals surface area (Å²) in [6, 6.07) is 15.9. The lowest BCUT2D eigenvalue weighted by Gasteiger charge is -2.37. The van der Waals surface area contributed by atoms with Crippen molar-refractivity contribution < 1.29 is 18.7 Å². The van der Waals surface area contributed by atoms with Crippen LogP contribution in [0.4, 0.5) is 0 Å². The number of carbonyl (C=O) groups is 2. The van der Waals surface area contributed by atoms with Crippen LogP contribution >= 0.6 is 0 Å². The lowest BCUT2D eigenvalue weighted by Crippen LogP contribution is -2.48. The van der Waals surface area contributed by atoms with E-state index in [1.807, 2.05) is 53.4 Å². The van der Waals surface area contributed by atoms with Gasteiger partial charge in [-0.05, 0) is 35.2 Å². The number of oxazole rings is 1. The number of hydrogen-bond acceptors (Lipinski definition) is 6. The molecule has 1 fully saturated rings. The maximum absolute atomic E-state index is 12.9. The van der Waals surface area contributed by atoms with Crippen molar-refractivity contribution in [2.75, 3.05) is 39.3 Å². The van der Waals surface area contributed by atoms with Crippen LogP contribution in [0, 0.1) is 0 Å². The van der Waals surface area contributed by atoms with E-state index in [4.69, 9.17) is 9.15 Å². The van der Waals surface area contributed by atoms with Crippen LogP contribution in [0.15, 0.2) is 71.9 Å². The van der Waals surface area contributed by atoms with E-state index in [-0.39, 0.29) is 24.5 Å². The lowest BCUT2D eigenvalue weighted by atomic mass is 9.88. The Labute approximate surface area is 217 Å². The third kappa shape index (κ3) is 5.44. The van der Waals surface area contributed by atoms with Gasteiger partial charge >= 0.3 is 0 Å². The zero-order valence-corrected chi connectivity index (χ0v) is 21.1. The van der Waals surface area contributed by atoms with Gasteiger partial charge in [-0.15, -0.1) is 6.58 Å². The number of hydrogen-bond donors (Lipinski definition) is 0. The Morgan fingerprint density at radius 3 is 2.62 bits per heavy atom. The van der Waals surface area contributed by atoms with E-state index in [9.17, 15) is 9.59 Å². The third-order valence-corrected chi connectivity index (χ3v) is 7.05. The van der Waals surface area contributed by atoms with Crippen molar-refractivity contribution in [3.8, 4) is 5.75 Å². The molecule has 1 aromatic heterocycles. The van der Waals surface area contributed by atoms with Crippen molar-refractivity contribution >= 4 is 11.8 Å². The largest absolute Gasteiger partial charge is 0.484 e. The molecular weight excluding hydrogens is 468 g/mol. The molecular formula is C29H32N4O4. The van der Waals surface area contributed by atoms with Gasteiger partial charge in [-0.1, -0.05) is 42.5 Å². The Hall–Kier alpha value is -3.91. The molecule has 2 aromatic carbocycles. The number of piperazine rings is 1. The van der Waals surface area contributed by atoms with Gasteiger partial charge in [0.1, 0.15) is 12.0 Å². The normalized spacial score (nSPS) is 17.8. The highest BCUT2D eigenvalue weighted by Crippen LogP contribution is 2.37. The Kier molecular flexibility index (Phi) is 7.37. The van der Waals surface area contributed by atoms with E-state index in [0.717, 1.165) is 37.2 Å². The number of fused-ring (bicyclic) bond motifs is 1. The molecule has 3 aromatic rings. The molecule has 5 rings (SSSR count). The summed E-state index contributed by atoms with van der Waals surface area (Å²) in [5.74, 6) is 0.924. The second-order valence-electron chi connectivity index (χ2n) is 9.43. The van der Waals surface area contributed by atoms with Crippen LogP contribution < -0.4 is 4.74 Å². The van der Waals surface area contributed by atoms with Crippen molar-refractivity contribution in [2.24, 2.45) is 0 Å². The van der Waals surface area contributed by atoms with Gasteiger partial charge in [0.25, 0.3) is 5.91 Å². The second-order valence-corrected chi connectivity index (χ2v) is 9.43. The van der Waals surface area contributed by atoms with Gasteiger partial charge in [0, 0.05) is 46.2 Å². The van der Waals surface area contributed by atoms with E-state index in [0.29, 0.717) is 37.0 Å². The standard InChI is InChI=1S/C29H32N4O4/c1-3-12-31-14-16-32(17-15-31)29(35)26-19-37-27(30-26)20-36-24-10-9-22-11-13-33(21(2)34)28(25(22)18-24)23-7-5-4-6-8-23/h3-10,18-19,28H,1,11-17,20H2,2H3. The number of aromatic nitrogens is 1. The molecule has 3 heterocycles. The fourth-order valence-electron chi connectivity index (χ4n) is 5.12. The Morgan fingerprint density at radius 2 is 1.89 bits per heavy atom. The maximum Gasteiger partial charge on any atom is 0.275 e. The summed E-state index contributed by atoms with van der Waals surface area (Å²) in [6.45, 7) is 9.94. The van der Waals surface area contributed by atoms with Gasteiger partial charge in [0.05, 0.1) is 6.04 Å². The molecule has 1 saturated heterocycles. The van der Waals surface area contributed by atoms with E-state index < -0.39 is 0 Å². The van der Waals surface area contributed by atoms with Gasteiger partial charge in [0.15, 0.2) is 12.3 Å². The van der Waals surface area contributed by atoms with Gasteiger partial charge < -0.3 is 19.0 Å². The fraction of sp³-hybridized carbons (Fsp3) is 0.345. The highest BCUT2D eigenvalue weighted by molar-refractivity contribution is 5.92. The molecule has 0 aliphatic carbocycles. The molecule has 2 aliphatic rings. The Morgan fingerprint density at radius 1 is 1.11 bits per heavy atom. The van der Waals surface area contributed by atoms with E-state index >= 15 is 0 Å². The summed E-state index contributed by atoms with van der Waals surface area (Å²) in [6.07, 6.45) is 4.08. The number of rotatable bonds is 7. The van der Waals surface area contributed by atoms with Crippen LogP contribution in [0.25, 0.3) is 0 Å². The zero-order valence-electron chi connectivity index (χ0n) is 21.1. The SMILES string of the molecule is C=CCN1CCN(C(=O)c2coc(COc3ccc4c(c3)C(c3ccccc3)N(C(C)=O)CC4)n2)CC1. The minimum atomic E-state index is -0.163. The third-order valence-electron chi connectivity index (χ3n) is 7.05. The molecule has 8 nitrogen and oxygen atoms in total. The van der Waals surface area contributed by atoms with Crippen molar-refractivity contribution in [2.45, 2.75) is 26.0 Å². The molecule has 192 valence electrons. The molecule has 0 spiro atoms. The van der Waals surface area contributed by atoms with Crippen molar-refractivity contribution in [3.63, 3.8) is 0 Å². The van der Waals surface area contributed by atoms with Crippen LogP contribution in [0.1, 0.15) is 46.0 Å². The Balaban J connectivity index is 1.27. The van der Waals surface area contributed by atoms with Gasteiger partial charge in [-0.2, -0.15) is 0 Å². The predicted octanol–water partition coefficient (Wildman–Crippen LogP) is 3.69. The minimum Gasteiger partial charge on any atom is -0.484 e. The van der Waals surface area contributed by atoms with Crippen molar-refractivity contribution in [1.29, 1.82) is 0 Å². The first-order valence-electron chi connectivity index (χ1n) is 12.7. The smallest absolute Gasteiger partial charge is 0.275 e. The maximum atomic E-state index is 12.9. The molecule has 0 N–H and O–H groups in total. The van der Waals surface area contributed by atoms with E-state index in [2.05, 4.69) is 22.5 Å². The highest BCUT2D eigenvalue weighted by atomic mass is 16.5. The highest BCUT2D eigenvalue weighted by Gasteiger charge is 2.31. The molecule has 2 aliphatic heterocycles. The average molecular weight is 501 g/mol. The number of nitrogens with zero attached hydrogens (tertiary/aromatic N) is 4. The monoisotopic (exact) mass is 500 g/mol. The van der Waals surface area contributed by atoms with E-state index in [1.54, 1.807) is 11.8 Å². The molecule has 1 unspecified atom stereocenters. The van der Waals surface area contributed by atoms with Gasteiger partial charge in [-0.25, -0.2) is 4.98 Å². The van der Waals surface area contributed by atoms with Crippen LogP contribution in [0.5, 0.6) is 5.75 Å². The van der Waals surface area contributed by atoms with Gasteiger partial charge in [0.2, 0.25) is 11.8 Å². The fourth-order valence-corrected chi connectivity index (χ4v) is 5.12. The Bertz CT molecular complexity index is 1260. The molecule has 0 saturated carbocycles. The summed E-state index contributed by atoms with van der Waals surface area (Å²) >= 11 is 0. The predicted molar refractivity (Wildman–Crippen MR) is 139 cm³/mol. The first kappa shape index (κ1) is 24.8. The summed E-state index contributed by atoms with van der Waals surface area (Å²) in [4.78, 5) is 35.6. The summed E-state index contributed by atoms with van der Waals surface area (Å²) < 4.78 is 11.6. The summed E-state index contributed by atoms with van der Waals surface area (Å²) in [5.41, 5.74) is 3.62. The second kappa shape index (κ2) is 11.0. The van der Waals surface area contributed by atoms with Crippen LogP contribution in [0.3, 0.4) is 0 Å². The average Bonchev–Trinajstić information content (AvgIpc) is 3.41. The molecule has 0 bridgehead atoms. The molecule has 37 heavy (non-hydrogen) atoms. The molecule has 0 radical (unpaired) electrons. The zero-order chi connectivity index (χ0) is 25.8. The van der Waals surface area contributed by atoms with Crippen LogP contribution in [0.2, 0.25) is 0 Å². The number of ether oxygens (including phenoxy) is 1.